The number of fused-ring (bicyclic) bond motifs is 1. The Balaban J connectivity index is 1.66. The minimum atomic E-state index is -0.346. The maximum atomic E-state index is 12.9. The fourth-order valence-electron chi connectivity index (χ4n) is 2.57. The highest BCUT2D eigenvalue weighted by atomic mass is 19.1. The van der Waals surface area contributed by atoms with Gasteiger partial charge in [-0.3, -0.25) is 4.79 Å². The summed E-state index contributed by atoms with van der Waals surface area (Å²) >= 11 is 0. The van der Waals surface area contributed by atoms with Crippen LogP contribution in [0.4, 0.5) is 4.39 Å². The van der Waals surface area contributed by atoms with Gasteiger partial charge in [-0.05, 0) is 42.3 Å². The molecule has 0 aliphatic rings. The van der Waals surface area contributed by atoms with Crippen molar-refractivity contribution in [3.63, 3.8) is 0 Å². The molecular formula is C19H20FN3O2. The number of amides is 1. The normalized spacial score (nSPS) is 12.3. The van der Waals surface area contributed by atoms with E-state index in [1.807, 2.05) is 38.1 Å². The number of rotatable bonds is 6. The summed E-state index contributed by atoms with van der Waals surface area (Å²) in [6.07, 6.45) is 0. The van der Waals surface area contributed by atoms with Gasteiger partial charge >= 0.3 is 0 Å². The van der Waals surface area contributed by atoms with E-state index in [1.54, 1.807) is 0 Å². The van der Waals surface area contributed by atoms with E-state index in [4.69, 9.17) is 4.74 Å². The average Bonchev–Trinajstić information content (AvgIpc) is 3.02. The molecule has 3 aromatic rings. The molecule has 0 aliphatic heterocycles. The third-order valence-electron chi connectivity index (χ3n) is 3.87. The Kier molecular flexibility index (Phi) is 4.97. The summed E-state index contributed by atoms with van der Waals surface area (Å²) in [6.45, 7) is 3.88. The number of halogens is 1. The molecule has 1 aromatic heterocycles. The lowest BCUT2D eigenvalue weighted by Crippen LogP contribution is -2.35. The molecule has 0 fully saturated rings. The predicted octanol–water partition coefficient (Wildman–Crippen LogP) is 3.59. The topological polar surface area (TPSA) is 67.0 Å². The molecule has 0 aliphatic carbocycles. The van der Waals surface area contributed by atoms with Crippen molar-refractivity contribution in [1.29, 1.82) is 0 Å². The predicted molar refractivity (Wildman–Crippen MR) is 93.7 cm³/mol. The molecule has 0 spiro atoms. The van der Waals surface area contributed by atoms with Gasteiger partial charge in [0.15, 0.2) is 6.61 Å². The van der Waals surface area contributed by atoms with Gasteiger partial charge in [0.1, 0.15) is 17.4 Å². The first-order valence-electron chi connectivity index (χ1n) is 8.15. The van der Waals surface area contributed by atoms with Crippen molar-refractivity contribution in [3.8, 4) is 5.75 Å². The molecular weight excluding hydrogens is 321 g/mol. The number of nitrogens with zero attached hydrogens (tertiary/aromatic N) is 1. The van der Waals surface area contributed by atoms with E-state index in [2.05, 4.69) is 15.3 Å². The van der Waals surface area contributed by atoms with Crippen molar-refractivity contribution < 1.29 is 13.9 Å². The Hall–Kier alpha value is -2.89. The minimum Gasteiger partial charge on any atom is -0.484 e. The highest BCUT2D eigenvalue weighted by Gasteiger charge is 2.22. The van der Waals surface area contributed by atoms with E-state index in [0.717, 1.165) is 11.0 Å². The van der Waals surface area contributed by atoms with E-state index in [1.165, 1.54) is 24.3 Å². The Morgan fingerprint density at radius 3 is 2.60 bits per heavy atom. The van der Waals surface area contributed by atoms with E-state index >= 15 is 0 Å². The fraction of sp³-hybridized carbons (Fsp3) is 0.263. The van der Waals surface area contributed by atoms with Crippen molar-refractivity contribution in [2.24, 2.45) is 5.92 Å². The van der Waals surface area contributed by atoms with Gasteiger partial charge in [-0.2, -0.15) is 0 Å². The van der Waals surface area contributed by atoms with Gasteiger partial charge in [-0.1, -0.05) is 26.0 Å². The molecule has 2 N–H and O–H groups in total. The lowest BCUT2D eigenvalue weighted by molar-refractivity contribution is -0.124. The molecule has 0 saturated heterocycles. The third kappa shape index (κ3) is 4.15. The Labute approximate surface area is 145 Å². The van der Waals surface area contributed by atoms with Gasteiger partial charge in [0.2, 0.25) is 0 Å². The molecule has 0 radical (unpaired) electrons. The van der Waals surface area contributed by atoms with Crippen LogP contribution in [-0.4, -0.2) is 22.5 Å². The van der Waals surface area contributed by atoms with Crippen LogP contribution in [-0.2, 0) is 4.79 Å². The molecule has 5 nitrogen and oxygen atoms in total. The largest absolute Gasteiger partial charge is 0.484 e. The summed E-state index contributed by atoms with van der Waals surface area (Å²) in [5.74, 6) is 0.702. The quantitative estimate of drug-likeness (QED) is 0.720. The van der Waals surface area contributed by atoms with Crippen molar-refractivity contribution in [2.75, 3.05) is 6.61 Å². The maximum absolute atomic E-state index is 12.9. The van der Waals surface area contributed by atoms with Crippen LogP contribution in [0.25, 0.3) is 11.0 Å². The number of benzene rings is 2. The Morgan fingerprint density at radius 1 is 1.20 bits per heavy atom. The monoisotopic (exact) mass is 341 g/mol. The summed E-state index contributed by atoms with van der Waals surface area (Å²) in [5.41, 5.74) is 1.79. The van der Waals surface area contributed by atoms with E-state index in [0.29, 0.717) is 11.6 Å². The molecule has 6 heteroatoms. The van der Waals surface area contributed by atoms with Crippen molar-refractivity contribution in [2.45, 2.75) is 19.9 Å². The summed E-state index contributed by atoms with van der Waals surface area (Å²) in [6, 6.07) is 13.0. The molecule has 3 rings (SSSR count). The Morgan fingerprint density at radius 2 is 1.92 bits per heavy atom. The SMILES string of the molecule is CC(C)C(NC(=O)COc1ccc(F)cc1)c1nc2ccccc2[nH]1. The van der Waals surface area contributed by atoms with Gasteiger partial charge in [0.25, 0.3) is 5.91 Å². The van der Waals surface area contributed by atoms with Crippen molar-refractivity contribution in [3.05, 3.63) is 60.2 Å². The first-order chi connectivity index (χ1) is 12.0. The molecule has 1 unspecified atom stereocenters. The number of H-pyrrole nitrogens is 1. The lowest BCUT2D eigenvalue weighted by atomic mass is 10.0. The van der Waals surface area contributed by atoms with E-state index < -0.39 is 0 Å². The zero-order valence-corrected chi connectivity index (χ0v) is 14.1. The molecule has 0 bridgehead atoms. The minimum absolute atomic E-state index is 0.144. The molecule has 0 saturated carbocycles. The second-order valence-electron chi connectivity index (χ2n) is 6.17. The summed E-state index contributed by atoms with van der Waals surface area (Å²) in [4.78, 5) is 20.1. The first-order valence-corrected chi connectivity index (χ1v) is 8.15. The number of hydrogen-bond donors (Lipinski definition) is 2. The molecule has 130 valence electrons. The number of carbonyl (C=O) groups is 1. The van der Waals surface area contributed by atoms with Crippen LogP contribution in [0.15, 0.2) is 48.5 Å². The highest BCUT2D eigenvalue weighted by molar-refractivity contribution is 5.78. The summed E-state index contributed by atoms with van der Waals surface area (Å²) in [5, 5.41) is 2.94. The van der Waals surface area contributed by atoms with Gasteiger partial charge in [0, 0.05) is 0 Å². The van der Waals surface area contributed by atoms with Crippen LogP contribution < -0.4 is 10.1 Å². The lowest BCUT2D eigenvalue weighted by Gasteiger charge is -2.20. The van der Waals surface area contributed by atoms with Crippen LogP contribution in [0.5, 0.6) is 5.75 Å². The van der Waals surface area contributed by atoms with Crippen LogP contribution >= 0.6 is 0 Å². The zero-order chi connectivity index (χ0) is 17.8. The molecule has 25 heavy (non-hydrogen) atoms. The molecule has 1 amide bonds. The maximum Gasteiger partial charge on any atom is 0.258 e. The molecule has 1 atom stereocenters. The van der Waals surface area contributed by atoms with Crippen LogP contribution in [0.3, 0.4) is 0 Å². The zero-order valence-electron chi connectivity index (χ0n) is 14.1. The van der Waals surface area contributed by atoms with Crippen LogP contribution in [0, 0.1) is 11.7 Å². The first kappa shape index (κ1) is 17.0. The fourth-order valence-corrected chi connectivity index (χ4v) is 2.57. The number of imidazole rings is 1. The number of para-hydroxylation sites is 2. The summed E-state index contributed by atoms with van der Waals surface area (Å²) < 4.78 is 18.3. The highest BCUT2D eigenvalue weighted by Crippen LogP contribution is 2.22. The third-order valence-corrected chi connectivity index (χ3v) is 3.87. The van der Waals surface area contributed by atoms with Gasteiger partial charge < -0.3 is 15.0 Å². The molecule has 1 heterocycles. The molecule has 2 aromatic carbocycles. The number of aromatic amines is 1. The number of hydrogen-bond acceptors (Lipinski definition) is 3. The summed E-state index contributed by atoms with van der Waals surface area (Å²) in [7, 11) is 0. The van der Waals surface area contributed by atoms with E-state index in [9.17, 15) is 9.18 Å². The number of ether oxygens (including phenoxy) is 1. The second-order valence-corrected chi connectivity index (χ2v) is 6.17. The van der Waals surface area contributed by atoms with Crippen molar-refractivity contribution >= 4 is 16.9 Å². The van der Waals surface area contributed by atoms with Gasteiger partial charge in [0.05, 0.1) is 17.1 Å². The van der Waals surface area contributed by atoms with Gasteiger partial charge in [-0.15, -0.1) is 0 Å². The van der Waals surface area contributed by atoms with E-state index in [-0.39, 0.29) is 30.3 Å². The smallest absolute Gasteiger partial charge is 0.258 e. The van der Waals surface area contributed by atoms with Crippen LogP contribution in [0.2, 0.25) is 0 Å². The van der Waals surface area contributed by atoms with Crippen LogP contribution in [0.1, 0.15) is 25.7 Å². The average molecular weight is 341 g/mol. The standard InChI is InChI=1S/C19H20FN3O2/c1-12(2)18(19-21-15-5-3-4-6-16(15)22-19)23-17(24)11-25-14-9-7-13(20)8-10-14/h3-10,12,18H,11H2,1-2H3,(H,21,22)(H,23,24). The van der Waals surface area contributed by atoms with Gasteiger partial charge in [-0.25, -0.2) is 9.37 Å². The number of carbonyl (C=O) groups excluding carboxylic acids is 1. The Bertz CT molecular complexity index is 825. The number of aromatic nitrogens is 2. The van der Waals surface area contributed by atoms with Crippen molar-refractivity contribution in [1.82, 2.24) is 15.3 Å². The number of nitrogens with one attached hydrogen (secondary N) is 2. The second kappa shape index (κ2) is 7.34.